The second-order valence-corrected chi connectivity index (χ2v) is 6.19. The van der Waals surface area contributed by atoms with Crippen LogP contribution >= 0.6 is 12.2 Å². The van der Waals surface area contributed by atoms with Crippen LogP contribution in [-0.4, -0.2) is 52.4 Å². The summed E-state index contributed by atoms with van der Waals surface area (Å²) < 4.78 is 0. The lowest BCUT2D eigenvalue weighted by Gasteiger charge is -2.40. The Kier molecular flexibility index (Phi) is 5.16. The molecule has 2 N–H and O–H groups in total. The monoisotopic (exact) mass is 283 g/mol. The van der Waals surface area contributed by atoms with E-state index in [-0.39, 0.29) is 18.0 Å². The van der Waals surface area contributed by atoms with Crippen molar-refractivity contribution in [2.24, 2.45) is 5.73 Å². The van der Waals surface area contributed by atoms with Crippen molar-refractivity contribution in [1.29, 1.82) is 0 Å². The third-order valence-corrected chi connectivity index (χ3v) is 4.67. The molecule has 0 aromatic carbocycles. The number of nitrogens with two attached hydrogens (primary N) is 1. The molecule has 0 saturated carbocycles. The number of piperidine rings is 2. The number of amides is 1. The minimum absolute atomic E-state index is 0.0927. The highest BCUT2D eigenvalue weighted by atomic mass is 32.1. The first kappa shape index (κ1) is 14.7. The Bertz CT molecular complexity index is 342. The molecule has 19 heavy (non-hydrogen) atoms. The van der Waals surface area contributed by atoms with Gasteiger partial charge in [-0.05, 0) is 45.6 Å². The van der Waals surface area contributed by atoms with Crippen molar-refractivity contribution in [3.63, 3.8) is 0 Å². The Balaban J connectivity index is 2.01. The van der Waals surface area contributed by atoms with Crippen molar-refractivity contribution in [3.05, 3.63) is 0 Å². The average molecular weight is 283 g/mol. The minimum Gasteiger partial charge on any atom is -0.392 e. The van der Waals surface area contributed by atoms with E-state index >= 15 is 0 Å². The van der Waals surface area contributed by atoms with Crippen LogP contribution in [0.5, 0.6) is 0 Å². The molecule has 2 aliphatic heterocycles. The number of carbonyl (C=O) groups is 1. The van der Waals surface area contributed by atoms with Crippen LogP contribution < -0.4 is 5.73 Å². The van der Waals surface area contributed by atoms with Crippen molar-refractivity contribution in [1.82, 2.24) is 9.80 Å². The fourth-order valence-corrected chi connectivity index (χ4v) is 3.50. The molecular weight excluding hydrogens is 258 g/mol. The van der Waals surface area contributed by atoms with Crippen molar-refractivity contribution in [3.8, 4) is 0 Å². The van der Waals surface area contributed by atoms with E-state index in [2.05, 4.69) is 4.90 Å². The lowest BCUT2D eigenvalue weighted by Crippen LogP contribution is -2.56. The van der Waals surface area contributed by atoms with Crippen molar-refractivity contribution < 1.29 is 4.79 Å². The molecule has 1 amide bonds. The van der Waals surface area contributed by atoms with Gasteiger partial charge in [-0.15, -0.1) is 0 Å². The fourth-order valence-electron chi connectivity index (χ4n) is 3.24. The van der Waals surface area contributed by atoms with Crippen molar-refractivity contribution >= 4 is 23.1 Å². The number of nitrogens with zero attached hydrogens (tertiary/aromatic N) is 2. The molecule has 2 aliphatic rings. The van der Waals surface area contributed by atoms with E-state index in [1.807, 2.05) is 11.8 Å². The summed E-state index contributed by atoms with van der Waals surface area (Å²) in [4.78, 5) is 17.3. The fraction of sp³-hybridized carbons (Fsp3) is 0.857. The predicted octanol–water partition coefficient (Wildman–Crippen LogP) is 1.53. The smallest absolute Gasteiger partial charge is 0.239 e. The number of hydrogen-bond acceptors (Lipinski definition) is 3. The van der Waals surface area contributed by atoms with E-state index in [4.69, 9.17) is 18.0 Å². The molecule has 2 heterocycles. The normalized spacial score (nSPS) is 27.0. The maximum Gasteiger partial charge on any atom is 0.239 e. The molecule has 0 radical (unpaired) electrons. The third kappa shape index (κ3) is 3.45. The maximum absolute atomic E-state index is 12.6. The van der Waals surface area contributed by atoms with Crippen LogP contribution in [0.2, 0.25) is 0 Å². The zero-order chi connectivity index (χ0) is 13.8. The molecule has 2 atom stereocenters. The average Bonchev–Trinajstić information content (AvgIpc) is 2.46. The van der Waals surface area contributed by atoms with Gasteiger partial charge in [0, 0.05) is 13.1 Å². The van der Waals surface area contributed by atoms with Gasteiger partial charge in [-0.25, -0.2) is 0 Å². The molecule has 0 bridgehead atoms. The summed E-state index contributed by atoms with van der Waals surface area (Å²) >= 11 is 5.17. The number of likely N-dealkylation sites (tertiary alicyclic amines) is 2. The summed E-state index contributed by atoms with van der Waals surface area (Å²) in [6.45, 7) is 4.76. The van der Waals surface area contributed by atoms with Gasteiger partial charge >= 0.3 is 0 Å². The second kappa shape index (κ2) is 6.66. The molecule has 2 rings (SSSR count). The molecule has 0 spiro atoms. The highest BCUT2D eigenvalue weighted by Gasteiger charge is 2.33. The molecular formula is C14H25N3OS. The minimum atomic E-state index is -0.0927. The molecule has 0 aromatic rings. The topological polar surface area (TPSA) is 49.6 Å². The summed E-state index contributed by atoms with van der Waals surface area (Å²) in [5.41, 5.74) is 5.84. The van der Waals surface area contributed by atoms with Crippen LogP contribution in [-0.2, 0) is 4.79 Å². The Hall–Kier alpha value is -0.680. The van der Waals surface area contributed by atoms with E-state index in [0.717, 1.165) is 51.7 Å². The van der Waals surface area contributed by atoms with Gasteiger partial charge in [0.1, 0.15) is 0 Å². The Morgan fingerprint density at radius 2 is 1.79 bits per heavy atom. The summed E-state index contributed by atoms with van der Waals surface area (Å²) in [7, 11) is 0. The van der Waals surface area contributed by atoms with Crippen LogP contribution in [0.4, 0.5) is 0 Å². The van der Waals surface area contributed by atoms with Crippen LogP contribution in [0.15, 0.2) is 0 Å². The maximum atomic E-state index is 12.6. The highest BCUT2D eigenvalue weighted by molar-refractivity contribution is 7.80. The van der Waals surface area contributed by atoms with Crippen LogP contribution in [0.3, 0.4) is 0 Å². The first-order chi connectivity index (χ1) is 9.11. The van der Waals surface area contributed by atoms with E-state index in [1.165, 1.54) is 6.42 Å². The Morgan fingerprint density at radius 1 is 1.16 bits per heavy atom. The summed E-state index contributed by atoms with van der Waals surface area (Å²) in [5.74, 6) is 0.253. The summed E-state index contributed by atoms with van der Waals surface area (Å²) in [6, 6.07) is 0.0115. The highest BCUT2D eigenvalue weighted by Crippen LogP contribution is 2.22. The molecule has 2 unspecified atom stereocenters. The number of carbonyl (C=O) groups excluding carboxylic acids is 1. The molecule has 2 saturated heterocycles. The summed E-state index contributed by atoms with van der Waals surface area (Å²) in [6.07, 6.45) is 6.80. The first-order valence-electron chi connectivity index (χ1n) is 7.45. The van der Waals surface area contributed by atoms with Crippen LogP contribution in [0.1, 0.15) is 45.4 Å². The largest absolute Gasteiger partial charge is 0.392 e. The molecule has 2 fully saturated rings. The van der Waals surface area contributed by atoms with Gasteiger partial charge < -0.3 is 10.6 Å². The van der Waals surface area contributed by atoms with E-state index in [0.29, 0.717) is 4.99 Å². The molecule has 0 aromatic heterocycles. The van der Waals surface area contributed by atoms with Gasteiger partial charge in [0.25, 0.3) is 0 Å². The van der Waals surface area contributed by atoms with E-state index < -0.39 is 0 Å². The second-order valence-electron chi connectivity index (χ2n) is 5.71. The van der Waals surface area contributed by atoms with Gasteiger partial charge in [-0.2, -0.15) is 0 Å². The van der Waals surface area contributed by atoms with Gasteiger partial charge in [-0.3, -0.25) is 9.69 Å². The van der Waals surface area contributed by atoms with Gasteiger partial charge in [0.05, 0.1) is 17.1 Å². The molecule has 4 nitrogen and oxygen atoms in total. The first-order valence-corrected chi connectivity index (χ1v) is 7.86. The van der Waals surface area contributed by atoms with Gasteiger partial charge in [0.15, 0.2) is 0 Å². The van der Waals surface area contributed by atoms with Gasteiger partial charge in [-0.1, -0.05) is 18.6 Å². The lowest BCUT2D eigenvalue weighted by atomic mass is 9.99. The Morgan fingerprint density at radius 3 is 2.42 bits per heavy atom. The van der Waals surface area contributed by atoms with Crippen LogP contribution in [0, 0.1) is 0 Å². The zero-order valence-corrected chi connectivity index (χ0v) is 12.6. The third-order valence-electron chi connectivity index (χ3n) is 4.40. The van der Waals surface area contributed by atoms with Crippen molar-refractivity contribution in [2.45, 2.75) is 57.5 Å². The molecule has 108 valence electrons. The van der Waals surface area contributed by atoms with E-state index in [1.54, 1.807) is 0 Å². The van der Waals surface area contributed by atoms with Gasteiger partial charge in [0.2, 0.25) is 5.91 Å². The standard InChI is InChI=1S/C14H25N3OS/c1-11(14(18)16-8-4-2-5-9-16)17-10-6-3-7-12(17)13(15)19/h11-12H,2-10H2,1H3,(H2,15,19). The lowest BCUT2D eigenvalue weighted by molar-refractivity contribution is -0.138. The molecule has 5 heteroatoms. The molecule has 0 aliphatic carbocycles. The van der Waals surface area contributed by atoms with E-state index in [9.17, 15) is 4.79 Å². The predicted molar refractivity (Wildman–Crippen MR) is 81.0 cm³/mol. The van der Waals surface area contributed by atoms with Crippen LogP contribution in [0.25, 0.3) is 0 Å². The number of rotatable bonds is 3. The zero-order valence-electron chi connectivity index (χ0n) is 11.8. The SMILES string of the molecule is CC(C(=O)N1CCCCC1)N1CCCCC1C(N)=S. The number of hydrogen-bond donors (Lipinski definition) is 1. The summed E-state index contributed by atoms with van der Waals surface area (Å²) in [5, 5.41) is 0. The quantitative estimate of drug-likeness (QED) is 0.798. The Labute approximate surface area is 121 Å². The van der Waals surface area contributed by atoms with Crippen molar-refractivity contribution in [2.75, 3.05) is 19.6 Å². The number of thiocarbonyl (C=S) groups is 1.